The maximum Gasteiger partial charge on any atom is 0.213 e. The molecule has 0 fully saturated rings. The molecule has 0 radical (unpaired) electrons. The Morgan fingerprint density at radius 2 is 2.06 bits per heavy atom. The summed E-state index contributed by atoms with van der Waals surface area (Å²) in [5.74, 6) is -2.09. The summed E-state index contributed by atoms with van der Waals surface area (Å²) in [4.78, 5) is 11.8. The second-order valence-electron chi connectivity index (χ2n) is 3.29. The van der Waals surface area contributed by atoms with Crippen LogP contribution in [0.4, 0.5) is 8.78 Å². The normalized spacial score (nSPS) is 10.4. The second-order valence-corrected chi connectivity index (χ2v) is 3.29. The van der Waals surface area contributed by atoms with Crippen molar-refractivity contribution in [1.29, 1.82) is 0 Å². The number of rotatable bonds is 2. The van der Waals surface area contributed by atoms with Gasteiger partial charge in [-0.25, -0.2) is 8.78 Å². The van der Waals surface area contributed by atoms with Crippen LogP contribution in [0, 0.1) is 11.6 Å². The summed E-state index contributed by atoms with van der Waals surface area (Å²) < 4.78 is 27.3. The molecule has 2 rings (SSSR count). The Balaban J connectivity index is 2.46. The second kappa shape index (κ2) is 3.84. The van der Waals surface area contributed by atoms with Crippen LogP contribution in [0.25, 0.3) is 0 Å². The number of halogens is 2. The fraction of sp³-hybridized carbons (Fsp3) is 0.0909. The highest BCUT2D eigenvalue weighted by Gasteiger charge is 2.17. The van der Waals surface area contributed by atoms with E-state index in [0.717, 1.165) is 12.1 Å². The Bertz CT molecular complexity index is 549. The molecule has 0 N–H and O–H groups in total. The minimum atomic E-state index is -0.869. The van der Waals surface area contributed by atoms with Gasteiger partial charge in [-0.2, -0.15) is 5.10 Å². The number of aromatic nitrogens is 2. The lowest BCUT2D eigenvalue weighted by molar-refractivity contribution is 0.102. The largest absolute Gasteiger partial charge is 0.287 e. The number of aryl methyl sites for hydroxylation is 1. The molecule has 16 heavy (non-hydrogen) atoms. The number of hydrogen-bond acceptors (Lipinski definition) is 2. The van der Waals surface area contributed by atoms with Crippen LogP contribution >= 0.6 is 0 Å². The first-order valence-corrected chi connectivity index (χ1v) is 4.57. The van der Waals surface area contributed by atoms with Crippen LogP contribution < -0.4 is 0 Å². The number of carbonyl (C=O) groups excluding carboxylic acids is 1. The quantitative estimate of drug-likeness (QED) is 0.728. The SMILES string of the molecule is Cn1nccc1C(=O)c1ccc(F)cc1F. The van der Waals surface area contributed by atoms with E-state index >= 15 is 0 Å². The zero-order valence-electron chi connectivity index (χ0n) is 8.45. The fourth-order valence-corrected chi connectivity index (χ4v) is 1.41. The van der Waals surface area contributed by atoms with Crippen LogP contribution in [0.3, 0.4) is 0 Å². The molecule has 82 valence electrons. The van der Waals surface area contributed by atoms with Gasteiger partial charge in [0.1, 0.15) is 17.3 Å². The van der Waals surface area contributed by atoms with Crippen LogP contribution in [0.5, 0.6) is 0 Å². The molecule has 5 heteroatoms. The van der Waals surface area contributed by atoms with Crippen molar-refractivity contribution in [1.82, 2.24) is 9.78 Å². The third-order valence-electron chi connectivity index (χ3n) is 2.23. The van der Waals surface area contributed by atoms with Crippen LogP contribution in [0.15, 0.2) is 30.5 Å². The van der Waals surface area contributed by atoms with E-state index in [4.69, 9.17) is 0 Å². The average Bonchev–Trinajstić information content (AvgIpc) is 2.63. The Morgan fingerprint density at radius 3 is 2.62 bits per heavy atom. The highest BCUT2D eigenvalue weighted by atomic mass is 19.1. The van der Waals surface area contributed by atoms with E-state index in [1.54, 1.807) is 7.05 Å². The molecular formula is C11H8F2N2O. The van der Waals surface area contributed by atoms with E-state index < -0.39 is 17.4 Å². The van der Waals surface area contributed by atoms with Gasteiger partial charge in [0.05, 0.1) is 5.56 Å². The molecule has 0 amide bonds. The third kappa shape index (κ3) is 1.71. The maximum atomic E-state index is 13.3. The van der Waals surface area contributed by atoms with E-state index in [1.807, 2.05) is 0 Å². The molecule has 0 spiro atoms. The summed E-state index contributed by atoms with van der Waals surface area (Å²) in [6, 6.07) is 4.33. The molecule has 0 saturated carbocycles. The molecule has 0 aliphatic rings. The lowest BCUT2D eigenvalue weighted by Crippen LogP contribution is -2.10. The monoisotopic (exact) mass is 222 g/mol. The minimum absolute atomic E-state index is 0.162. The van der Waals surface area contributed by atoms with Crippen LogP contribution in [0.2, 0.25) is 0 Å². The molecule has 1 aromatic carbocycles. The average molecular weight is 222 g/mol. The topological polar surface area (TPSA) is 34.9 Å². The Labute approximate surface area is 90.3 Å². The van der Waals surface area contributed by atoms with Crippen LogP contribution in [0.1, 0.15) is 16.1 Å². The van der Waals surface area contributed by atoms with Gasteiger partial charge in [-0.05, 0) is 18.2 Å². The summed E-state index contributed by atoms with van der Waals surface area (Å²) in [5, 5.41) is 3.81. The van der Waals surface area contributed by atoms with Crippen molar-refractivity contribution in [2.45, 2.75) is 0 Å². The number of carbonyl (C=O) groups is 1. The fourth-order valence-electron chi connectivity index (χ4n) is 1.41. The molecule has 0 saturated heterocycles. The van der Waals surface area contributed by atoms with E-state index in [9.17, 15) is 13.6 Å². The Hall–Kier alpha value is -2.04. The standard InChI is InChI=1S/C11H8F2N2O/c1-15-10(4-5-14-15)11(16)8-3-2-7(12)6-9(8)13/h2-6H,1H3. The molecule has 0 aliphatic heterocycles. The molecule has 2 aromatic rings. The van der Waals surface area contributed by atoms with Gasteiger partial charge in [-0.15, -0.1) is 0 Å². The summed E-state index contributed by atoms with van der Waals surface area (Å²) in [6.07, 6.45) is 1.44. The molecule has 3 nitrogen and oxygen atoms in total. The van der Waals surface area contributed by atoms with Crippen LogP contribution in [-0.4, -0.2) is 15.6 Å². The summed E-state index contributed by atoms with van der Waals surface area (Å²) in [6.45, 7) is 0. The van der Waals surface area contributed by atoms with E-state index in [-0.39, 0.29) is 11.3 Å². The van der Waals surface area contributed by atoms with Gasteiger partial charge >= 0.3 is 0 Å². The van der Waals surface area contributed by atoms with Crippen molar-refractivity contribution >= 4 is 5.78 Å². The van der Waals surface area contributed by atoms with Gasteiger partial charge in [0.25, 0.3) is 0 Å². The van der Waals surface area contributed by atoms with Gasteiger partial charge in [-0.3, -0.25) is 9.48 Å². The van der Waals surface area contributed by atoms with E-state index in [2.05, 4.69) is 5.10 Å². The molecule has 0 unspecified atom stereocenters. The highest BCUT2D eigenvalue weighted by Crippen LogP contribution is 2.14. The van der Waals surface area contributed by atoms with Gasteiger partial charge < -0.3 is 0 Å². The molecule has 0 aliphatic carbocycles. The molecule has 0 atom stereocenters. The van der Waals surface area contributed by atoms with Crippen molar-refractivity contribution in [3.05, 3.63) is 53.4 Å². The Kier molecular flexibility index (Phi) is 2.52. The minimum Gasteiger partial charge on any atom is -0.287 e. The summed E-state index contributed by atoms with van der Waals surface area (Å²) in [7, 11) is 1.58. The first-order valence-electron chi connectivity index (χ1n) is 4.57. The van der Waals surface area contributed by atoms with Gasteiger partial charge in [0.2, 0.25) is 5.78 Å². The smallest absolute Gasteiger partial charge is 0.213 e. The highest BCUT2D eigenvalue weighted by molar-refractivity contribution is 6.07. The van der Waals surface area contributed by atoms with Crippen LogP contribution in [-0.2, 0) is 7.05 Å². The molecule has 0 bridgehead atoms. The van der Waals surface area contributed by atoms with Gasteiger partial charge in [0.15, 0.2) is 0 Å². The lowest BCUT2D eigenvalue weighted by Gasteiger charge is -2.02. The number of nitrogens with zero attached hydrogens (tertiary/aromatic N) is 2. The summed E-state index contributed by atoms with van der Waals surface area (Å²) >= 11 is 0. The first-order chi connectivity index (χ1) is 7.59. The van der Waals surface area contributed by atoms with Gasteiger partial charge in [-0.1, -0.05) is 0 Å². The van der Waals surface area contributed by atoms with E-state index in [1.165, 1.54) is 16.9 Å². The maximum absolute atomic E-state index is 13.3. The number of hydrogen-bond donors (Lipinski definition) is 0. The third-order valence-corrected chi connectivity index (χ3v) is 2.23. The molecular weight excluding hydrogens is 214 g/mol. The van der Waals surface area contributed by atoms with Crippen molar-refractivity contribution in [2.24, 2.45) is 7.05 Å². The zero-order chi connectivity index (χ0) is 11.7. The first kappa shape index (κ1) is 10.5. The summed E-state index contributed by atoms with van der Waals surface area (Å²) in [5.41, 5.74) is 0.0931. The predicted octanol–water partition coefficient (Wildman–Crippen LogP) is 1.93. The molecule has 1 heterocycles. The number of ketones is 1. The zero-order valence-corrected chi connectivity index (χ0v) is 8.45. The predicted molar refractivity (Wildman–Crippen MR) is 53.0 cm³/mol. The lowest BCUT2D eigenvalue weighted by atomic mass is 10.1. The van der Waals surface area contributed by atoms with Crippen molar-refractivity contribution in [3.8, 4) is 0 Å². The van der Waals surface area contributed by atoms with Crippen molar-refractivity contribution in [3.63, 3.8) is 0 Å². The number of benzene rings is 1. The van der Waals surface area contributed by atoms with Gasteiger partial charge in [0, 0.05) is 19.3 Å². The van der Waals surface area contributed by atoms with Crippen molar-refractivity contribution in [2.75, 3.05) is 0 Å². The van der Waals surface area contributed by atoms with E-state index in [0.29, 0.717) is 6.07 Å². The molecule has 1 aromatic heterocycles. The Morgan fingerprint density at radius 1 is 1.31 bits per heavy atom. The van der Waals surface area contributed by atoms with Crippen molar-refractivity contribution < 1.29 is 13.6 Å².